The summed E-state index contributed by atoms with van der Waals surface area (Å²) in [5, 5.41) is 2.92. The third-order valence-electron chi connectivity index (χ3n) is 3.75. The van der Waals surface area contributed by atoms with E-state index in [1.54, 1.807) is 26.4 Å². The van der Waals surface area contributed by atoms with Crippen LogP contribution in [0.4, 0.5) is 0 Å². The first-order valence-corrected chi connectivity index (χ1v) is 7.71. The zero-order chi connectivity index (χ0) is 17.5. The van der Waals surface area contributed by atoms with Crippen LogP contribution < -0.4 is 10.1 Å². The van der Waals surface area contributed by atoms with Crippen molar-refractivity contribution in [2.24, 2.45) is 0 Å². The Bertz CT molecular complexity index is 649. The molecule has 0 aliphatic rings. The highest BCUT2D eigenvalue weighted by molar-refractivity contribution is 5.91. The number of carbonyl (C=O) groups excluding carboxylic acids is 1. The number of hydrogen-bond acceptors (Lipinski definition) is 5. The molecule has 0 saturated carbocycles. The van der Waals surface area contributed by atoms with Crippen LogP contribution in [0.15, 0.2) is 40.8 Å². The van der Waals surface area contributed by atoms with Crippen LogP contribution in [0.2, 0.25) is 0 Å². The van der Waals surface area contributed by atoms with Gasteiger partial charge in [0.2, 0.25) is 0 Å². The Balaban J connectivity index is 2.00. The summed E-state index contributed by atoms with van der Waals surface area (Å²) in [6, 6.07) is 11.3. The second kappa shape index (κ2) is 8.52. The highest BCUT2D eigenvalue weighted by Crippen LogP contribution is 2.21. The molecule has 1 aromatic heterocycles. The van der Waals surface area contributed by atoms with Gasteiger partial charge in [-0.15, -0.1) is 0 Å². The minimum Gasteiger partial charge on any atom is -0.497 e. The molecule has 6 heteroatoms. The lowest BCUT2D eigenvalue weighted by Crippen LogP contribution is -2.34. The van der Waals surface area contributed by atoms with Gasteiger partial charge >= 0.3 is 0 Å². The lowest BCUT2D eigenvalue weighted by Gasteiger charge is -2.25. The molecule has 1 heterocycles. The molecular weight excluding hydrogens is 308 g/mol. The molecule has 0 spiro atoms. The molecule has 1 atom stereocenters. The second-order valence-corrected chi connectivity index (χ2v) is 5.66. The van der Waals surface area contributed by atoms with Gasteiger partial charge in [0.25, 0.3) is 5.91 Å². The summed E-state index contributed by atoms with van der Waals surface area (Å²) in [6.45, 7) is 0.817. The second-order valence-electron chi connectivity index (χ2n) is 5.66. The maximum Gasteiger partial charge on any atom is 0.287 e. The SMILES string of the molecule is COCc1ccc(C(=O)NCC(c2ccc(OC)cc2)N(C)C)o1. The smallest absolute Gasteiger partial charge is 0.287 e. The molecule has 0 saturated heterocycles. The molecule has 0 bridgehead atoms. The third kappa shape index (κ3) is 4.59. The van der Waals surface area contributed by atoms with Crippen LogP contribution >= 0.6 is 0 Å². The van der Waals surface area contributed by atoms with Gasteiger partial charge < -0.3 is 24.1 Å². The molecule has 1 unspecified atom stereocenters. The van der Waals surface area contributed by atoms with E-state index in [0.29, 0.717) is 18.9 Å². The molecule has 0 fully saturated rings. The molecule has 0 aliphatic heterocycles. The summed E-state index contributed by atoms with van der Waals surface area (Å²) in [7, 11) is 7.17. The van der Waals surface area contributed by atoms with E-state index < -0.39 is 0 Å². The van der Waals surface area contributed by atoms with E-state index in [4.69, 9.17) is 13.9 Å². The Morgan fingerprint density at radius 1 is 1.17 bits per heavy atom. The fourth-order valence-electron chi connectivity index (χ4n) is 2.42. The van der Waals surface area contributed by atoms with Crippen molar-refractivity contribution < 1.29 is 18.7 Å². The molecule has 1 N–H and O–H groups in total. The predicted octanol–water partition coefficient (Wildman–Crippen LogP) is 2.47. The molecule has 130 valence electrons. The summed E-state index contributed by atoms with van der Waals surface area (Å²) in [5.41, 5.74) is 1.10. The molecule has 2 rings (SSSR count). The van der Waals surface area contributed by atoms with Gasteiger partial charge in [-0.05, 0) is 43.9 Å². The van der Waals surface area contributed by atoms with E-state index in [1.165, 1.54) is 0 Å². The normalized spacial score (nSPS) is 12.2. The van der Waals surface area contributed by atoms with Gasteiger partial charge in [0, 0.05) is 13.7 Å². The molecule has 0 radical (unpaired) electrons. The van der Waals surface area contributed by atoms with Crippen molar-refractivity contribution >= 4 is 5.91 Å². The number of furan rings is 1. The van der Waals surface area contributed by atoms with Crippen molar-refractivity contribution in [2.45, 2.75) is 12.6 Å². The number of amides is 1. The summed E-state index contributed by atoms with van der Waals surface area (Å²) in [6.07, 6.45) is 0. The monoisotopic (exact) mass is 332 g/mol. The Labute approximate surface area is 142 Å². The van der Waals surface area contributed by atoms with Crippen molar-refractivity contribution in [1.29, 1.82) is 0 Å². The number of benzene rings is 1. The highest BCUT2D eigenvalue weighted by Gasteiger charge is 2.17. The van der Waals surface area contributed by atoms with E-state index in [-0.39, 0.29) is 17.7 Å². The number of hydrogen-bond donors (Lipinski definition) is 1. The van der Waals surface area contributed by atoms with Gasteiger partial charge in [-0.3, -0.25) is 4.79 Å². The molecule has 1 aromatic carbocycles. The first-order valence-electron chi connectivity index (χ1n) is 7.71. The topological polar surface area (TPSA) is 63.9 Å². The highest BCUT2D eigenvalue weighted by atomic mass is 16.5. The van der Waals surface area contributed by atoms with Crippen molar-refractivity contribution in [3.8, 4) is 5.75 Å². The van der Waals surface area contributed by atoms with Crippen LogP contribution in [0.3, 0.4) is 0 Å². The number of methoxy groups -OCH3 is 2. The van der Waals surface area contributed by atoms with E-state index in [9.17, 15) is 4.79 Å². The fourth-order valence-corrected chi connectivity index (χ4v) is 2.42. The van der Waals surface area contributed by atoms with Gasteiger partial charge in [0.1, 0.15) is 18.1 Å². The van der Waals surface area contributed by atoms with E-state index >= 15 is 0 Å². The molecule has 0 aliphatic carbocycles. The van der Waals surface area contributed by atoms with Gasteiger partial charge in [-0.25, -0.2) is 0 Å². The van der Waals surface area contributed by atoms with E-state index in [1.807, 2.05) is 38.4 Å². The molecular formula is C18H24N2O4. The first kappa shape index (κ1) is 18.0. The van der Waals surface area contributed by atoms with Crippen LogP contribution in [-0.4, -0.2) is 45.7 Å². The van der Waals surface area contributed by atoms with Gasteiger partial charge in [0.15, 0.2) is 5.76 Å². The van der Waals surface area contributed by atoms with Crippen LogP contribution in [0.1, 0.15) is 27.9 Å². The quantitative estimate of drug-likeness (QED) is 0.804. The standard InChI is InChI=1S/C18H24N2O4/c1-20(2)16(13-5-7-14(23-4)8-6-13)11-19-18(21)17-10-9-15(24-17)12-22-3/h5-10,16H,11-12H2,1-4H3,(H,19,21). The molecule has 1 amide bonds. The summed E-state index contributed by atoms with van der Waals surface area (Å²) >= 11 is 0. The summed E-state index contributed by atoms with van der Waals surface area (Å²) < 4.78 is 15.6. The van der Waals surface area contributed by atoms with Crippen LogP contribution in [0, 0.1) is 0 Å². The fraction of sp³-hybridized carbons (Fsp3) is 0.389. The number of ether oxygens (including phenoxy) is 2. The maximum atomic E-state index is 12.2. The Morgan fingerprint density at radius 3 is 2.46 bits per heavy atom. The maximum absolute atomic E-state index is 12.2. The largest absolute Gasteiger partial charge is 0.497 e. The minimum absolute atomic E-state index is 0.0493. The lowest BCUT2D eigenvalue weighted by molar-refractivity contribution is 0.0905. The average molecular weight is 332 g/mol. The lowest BCUT2D eigenvalue weighted by atomic mass is 10.1. The van der Waals surface area contributed by atoms with Gasteiger partial charge in [0.05, 0.1) is 13.2 Å². The number of likely N-dealkylation sites (N-methyl/N-ethyl adjacent to an activating group) is 1. The first-order chi connectivity index (χ1) is 11.5. The number of rotatable bonds is 8. The van der Waals surface area contributed by atoms with E-state index in [2.05, 4.69) is 10.2 Å². The van der Waals surface area contributed by atoms with E-state index in [0.717, 1.165) is 11.3 Å². The molecule has 24 heavy (non-hydrogen) atoms. The van der Waals surface area contributed by atoms with Crippen molar-refractivity contribution in [2.75, 3.05) is 34.9 Å². The number of carbonyl (C=O) groups is 1. The minimum atomic E-state index is -0.238. The van der Waals surface area contributed by atoms with Crippen LogP contribution in [-0.2, 0) is 11.3 Å². The van der Waals surface area contributed by atoms with Gasteiger partial charge in [-0.2, -0.15) is 0 Å². The van der Waals surface area contributed by atoms with Crippen LogP contribution in [0.5, 0.6) is 5.75 Å². The Kier molecular flexibility index (Phi) is 6.40. The number of nitrogens with one attached hydrogen (secondary N) is 1. The Morgan fingerprint density at radius 2 is 1.88 bits per heavy atom. The molecule has 6 nitrogen and oxygen atoms in total. The Hall–Kier alpha value is -2.31. The summed E-state index contributed by atoms with van der Waals surface area (Å²) in [5.74, 6) is 1.48. The summed E-state index contributed by atoms with van der Waals surface area (Å²) in [4.78, 5) is 14.3. The molecule has 2 aromatic rings. The zero-order valence-corrected chi connectivity index (χ0v) is 14.5. The predicted molar refractivity (Wildman–Crippen MR) is 91.2 cm³/mol. The zero-order valence-electron chi connectivity index (χ0n) is 14.5. The van der Waals surface area contributed by atoms with Crippen LogP contribution in [0.25, 0.3) is 0 Å². The average Bonchev–Trinajstić information content (AvgIpc) is 3.04. The van der Waals surface area contributed by atoms with Crippen molar-refractivity contribution in [3.63, 3.8) is 0 Å². The number of nitrogens with zero attached hydrogens (tertiary/aromatic N) is 1. The van der Waals surface area contributed by atoms with Crippen molar-refractivity contribution in [3.05, 3.63) is 53.5 Å². The van der Waals surface area contributed by atoms with Gasteiger partial charge in [-0.1, -0.05) is 12.1 Å². The third-order valence-corrected chi connectivity index (χ3v) is 3.75. The van der Waals surface area contributed by atoms with Crippen molar-refractivity contribution in [1.82, 2.24) is 10.2 Å².